The van der Waals surface area contributed by atoms with Crippen LogP contribution in [0.15, 0.2) is 0 Å². The Bertz CT molecular complexity index is 325. The average molecular weight is 220 g/mol. The Hall–Kier alpha value is -1.04. The van der Waals surface area contributed by atoms with Gasteiger partial charge in [0.15, 0.2) is 0 Å². The highest BCUT2D eigenvalue weighted by Crippen LogP contribution is 2.38. The first kappa shape index (κ1) is 11.4. The molecule has 16 heavy (non-hydrogen) atoms. The lowest BCUT2D eigenvalue weighted by molar-refractivity contribution is -0.125. The lowest BCUT2D eigenvalue weighted by Crippen LogP contribution is -2.39. The smallest absolute Gasteiger partial charge is 0.224 e. The fourth-order valence-corrected chi connectivity index (χ4v) is 2.59. The first-order chi connectivity index (χ1) is 7.56. The molecule has 88 valence electrons. The molecular weight excluding hydrogens is 200 g/mol. The molecule has 3 heteroatoms. The van der Waals surface area contributed by atoms with Gasteiger partial charge in [0.25, 0.3) is 0 Å². The Balaban J connectivity index is 1.86. The summed E-state index contributed by atoms with van der Waals surface area (Å²) in [6.07, 6.45) is 4.82. The number of carbonyl (C=O) groups is 1. The fraction of sp³-hybridized carbons (Fsp3) is 0.846. The van der Waals surface area contributed by atoms with E-state index in [2.05, 4.69) is 25.2 Å². The lowest BCUT2D eigenvalue weighted by atomic mass is 9.93. The molecule has 2 saturated carbocycles. The second kappa shape index (κ2) is 4.08. The molecule has 0 aromatic carbocycles. The molecule has 2 aliphatic carbocycles. The molecule has 0 radical (unpaired) electrons. The third-order valence-electron chi connectivity index (χ3n) is 4.11. The van der Waals surface area contributed by atoms with Crippen molar-refractivity contribution >= 4 is 5.91 Å². The van der Waals surface area contributed by atoms with Crippen molar-refractivity contribution in [3.8, 4) is 6.07 Å². The summed E-state index contributed by atoms with van der Waals surface area (Å²) in [4.78, 5) is 12.0. The SMILES string of the molecule is CC(C)C1CCC(C(=O)NC2(C#N)CC2)C1. The highest BCUT2D eigenvalue weighted by molar-refractivity contribution is 5.80. The summed E-state index contributed by atoms with van der Waals surface area (Å²) in [7, 11) is 0. The number of nitrogens with zero attached hydrogens (tertiary/aromatic N) is 1. The lowest BCUT2D eigenvalue weighted by Gasteiger charge is -2.16. The molecule has 1 N–H and O–H groups in total. The Morgan fingerprint density at radius 1 is 1.44 bits per heavy atom. The predicted molar refractivity (Wildman–Crippen MR) is 61.4 cm³/mol. The number of nitriles is 1. The highest BCUT2D eigenvalue weighted by atomic mass is 16.2. The zero-order valence-electron chi connectivity index (χ0n) is 10.1. The molecule has 0 aliphatic heterocycles. The minimum Gasteiger partial charge on any atom is -0.338 e. The number of rotatable bonds is 3. The molecule has 0 saturated heterocycles. The summed E-state index contributed by atoms with van der Waals surface area (Å²) >= 11 is 0. The van der Waals surface area contributed by atoms with E-state index in [4.69, 9.17) is 5.26 Å². The van der Waals surface area contributed by atoms with Crippen LogP contribution >= 0.6 is 0 Å². The van der Waals surface area contributed by atoms with Gasteiger partial charge in [-0.05, 0) is 43.9 Å². The summed E-state index contributed by atoms with van der Waals surface area (Å²) in [6, 6.07) is 2.21. The molecule has 0 spiro atoms. The van der Waals surface area contributed by atoms with E-state index in [1.54, 1.807) is 0 Å². The maximum Gasteiger partial charge on any atom is 0.224 e. The van der Waals surface area contributed by atoms with E-state index in [0.29, 0.717) is 11.8 Å². The first-order valence-electron chi connectivity index (χ1n) is 6.29. The molecule has 2 atom stereocenters. The largest absolute Gasteiger partial charge is 0.338 e. The van der Waals surface area contributed by atoms with Gasteiger partial charge in [-0.2, -0.15) is 5.26 Å². The van der Waals surface area contributed by atoms with Crippen LogP contribution in [0.3, 0.4) is 0 Å². The van der Waals surface area contributed by atoms with Crippen LogP contribution in [0.4, 0.5) is 0 Å². The molecular formula is C13H20N2O. The van der Waals surface area contributed by atoms with Crippen LogP contribution in [0.1, 0.15) is 46.0 Å². The number of nitrogens with one attached hydrogen (secondary N) is 1. The fourth-order valence-electron chi connectivity index (χ4n) is 2.59. The van der Waals surface area contributed by atoms with Gasteiger partial charge in [0.1, 0.15) is 5.54 Å². The minimum absolute atomic E-state index is 0.113. The van der Waals surface area contributed by atoms with Crippen molar-refractivity contribution in [2.45, 2.75) is 51.5 Å². The van der Waals surface area contributed by atoms with Crippen molar-refractivity contribution in [2.75, 3.05) is 0 Å². The van der Waals surface area contributed by atoms with Crippen LogP contribution in [0.25, 0.3) is 0 Å². The summed E-state index contributed by atoms with van der Waals surface area (Å²) in [5.74, 6) is 1.62. The Morgan fingerprint density at radius 3 is 2.56 bits per heavy atom. The van der Waals surface area contributed by atoms with E-state index < -0.39 is 5.54 Å². The van der Waals surface area contributed by atoms with Crippen LogP contribution in [0, 0.1) is 29.1 Å². The summed E-state index contributed by atoms with van der Waals surface area (Å²) in [5, 5.41) is 11.8. The van der Waals surface area contributed by atoms with Crippen molar-refractivity contribution in [3.05, 3.63) is 0 Å². The van der Waals surface area contributed by atoms with E-state index in [0.717, 1.165) is 32.1 Å². The van der Waals surface area contributed by atoms with Gasteiger partial charge in [-0.3, -0.25) is 4.79 Å². The quantitative estimate of drug-likeness (QED) is 0.793. The van der Waals surface area contributed by atoms with Gasteiger partial charge in [-0.15, -0.1) is 0 Å². The standard InChI is InChI=1S/C13H20N2O/c1-9(2)10-3-4-11(7-10)12(16)15-13(8-14)5-6-13/h9-11H,3-7H2,1-2H3,(H,15,16). The van der Waals surface area contributed by atoms with E-state index in [-0.39, 0.29) is 11.8 Å². The van der Waals surface area contributed by atoms with Crippen molar-refractivity contribution in [1.29, 1.82) is 5.26 Å². The predicted octanol–water partition coefficient (Wildman–Crippen LogP) is 2.23. The van der Waals surface area contributed by atoms with Gasteiger partial charge in [-0.25, -0.2) is 0 Å². The van der Waals surface area contributed by atoms with Gasteiger partial charge >= 0.3 is 0 Å². The molecule has 2 unspecified atom stereocenters. The Kier molecular flexibility index (Phi) is 2.92. The summed E-state index contributed by atoms with van der Waals surface area (Å²) in [5.41, 5.74) is -0.493. The number of amides is 1. The van der Waals surface area contributed by atoms with E-state index >= 15 is 0 Å². The van der Waals surface area contributed by atoms with Crippen molar-refractivity contribution < 1.29 is 4.79 Å². The topological polar surface area (TPSA) is 52.9 Å². The molecule has 2 rings (SSSR count). The molecule has 1 amide bonds. The van der Waals surface area contributed by atoms with Crippen molar-refractivity contribution in [1.82, 2.24) is 5.32 Å². The third-order valence-corrected chi connectivity index (χ3v) is 4.11. The molecule has 2 aliphatic rings. The van der Waals surface area contributed by atoms with Crippen LogP contribution in [0.2, 0.25) is 0 Å². The number of hydrogen-bond acceptors (Lipinski definition) is 2. The average Bonchev–Trinajstić information content (AvgIpc) is 2.83. The molecule has 0 aromatic heterocycles. The van der Waals surface area contributed by atoms with E-state index in [1.165, 1.54) is 0 Å². The maximum absolute atomic E-state index is 12.0. The van der Waals surface area contributed by atoms with Gasteiger partial charge in [0, 0.05) is 5.92 Å². The second-order valence-electron chi connectivity index (χ2n) is 5.70. The van der Waals surface area contributed by atoms with E-state index in [9.17, 15) is 4.79 Å². The second-order valence-corrected chi connectivity index (χ2v) is 5.70. The van der Waals surface area contributed by atoms with Gasteiger partial charge in [0.2, 0.25) is 5.91 Å². The van der Waals surface area contributed by atoms with Crippen molar-refractivity contribution in [2.24, 2.45) is 17.8 Å². The molecule has 0 heterocycles. The third kappa shape index (κ3) is 2.21. The first-order valence-corrected chi connectivity index (χ1v) is 6.29. The summed E-state index contributed by atoms with van der Waals surface area (Å²) in [6.45, 7) is 4.45. The maximum atomic E-state index is 12.0. The number of carbonyl (C=O) groups excluding carboxylic acids is 1. The zero-order valence-corrected chi connectivity index (χ0v) is 10.1. The Labute approximate surface area is 97.2 Å². The van der Waals surface area contributed by atoms with Crippen LogP contribution in [-0.4, -0.2) is 11.4 Å². The summed E-state index contributed by atoms with van der Waals surface area (Å²) < 4.78 is 0. The van der Waals surface area contributed by atoms with Crippen LogP contribution in [-0.2, 0) is 4.79 Å². The van der Waals surface area contributed by atoms with Crippen LogP contribution in [0.5, 0.6) is 0 Å². The zero-order chi connectivity index (χ0) is 11.8. The minimum atomic E-state index is -0.493. The van der Waals surface area contributed by atoms with Gasteiger partial charge < -0.3 is 5.32 Å². The number of hydrogen-bond donors (Lipinski definition) is 1. The monoisotopic (exact) mass is 220 g/mol. The van der Waals surface area contributed by atoms with Gasteiger partial charge in [0.05, 0.1) is 6.07 Å². The van der Waals surface area contributed by atoms with Crippen LogP contribution < -0.4 is 5.32 Å². The highest BCUT2D eigenvalue weighted by Gasteiger charge is 2.46. The molecule has 3 nitrogen and oxygen atoms in total. The normalized spacial score (nSPS) is 31.1. The Morgan fingerprint density at radius 2 is 2.12 bits per heavy atom. The molecule has 0 aromatic rings. The van der Waals surface area contributed by atoms with Gasteiger partial charge in [-0.1, -0.05) is 13.8 Å². The molecule has 2 fully saturated rings. The van der Waals surface area contributed by atoms with E-state index in [1.807, 2.05) is 0 Å². The molecule has 0 bridgehead atoms. The van der Waals surface area contributed by atoms with Crippen molar-refractivity contribution in [3.63, 3.8) is 0 Å².